The molecular formula is C19H14Cl2N2O3S. The van der Waals surface area contributed by atoms with Crippen LogP contribution in [-0.4, -0.2) is 22.7 Å². The van der Waals surface area contributed by atoms with Crippen LogP contribution in [0, 0.1) is 5.92 Å². The number of nitrogens with one attached hydrogen (secondary N) is 2. The zero-order chi connectivity index (χ0) is 19.6. The molecule has 1 aliphatic rings. The van der Waals surface area contributed by atoms with E-state index < -0.39 is 23.7 Å². The van der Waals surface area contributed by atoms with Crippen LogP contribution in [0.3, 0.4) is 0 Å². The van der Waals surface area contributed by atoms with E-state index in [4.69, 9.17) is 35.4 Å². The predicted molar refractivity (Wildman–Crippen MR) is 107 cm³/mol. The highest BCUT2D eigenvalue weighted by atomic mass is 35.5. The van der Waals surface area contributed by atoms with Gasteiger partial charge in [0.05, 0.1) is 0 Å². The topological polar surface area (TPSA) is 75.3 Å². The molecule has 8 heteroatoms. The first kappa shape index (κ1) is 19.5. The number of amides is 2. The lowest BCUT2D eigenvalue weighted by molar-refractivity contribution is -0.136. The van der Waals surface area contributed by atoms with Crippen LogP contribution >= 0.6 is 35.4 Å². The Balaban J connectivity index is 1.94. The minimum absolute atomic E-state index is 0.0401. The Bertz CT molecular complexity index is 894. The third-order valence-corrected chi connectivity index (χ3v) is 5.02. The molecule has 0 radical (unpaired) electrons. The van der Waals surface area contributed by atoms with Gasteiger partial charge in [0, 0.05) is 27.9 Å². The molecule has 0 aromatic heterocycles. The Labute approximate surface area is 171 Å². The quantitative estimate of drug-likeness (QED) is 0.440. The van der Waals surface area contributed by atoms with Crippen molar-refractivity contribution in [3.05, 3.63) is 69.7 Å². The highest BCUT2D eigenvalue weighted by molar-refractivity contribution is 7.80. The van der Waals surface area contributed by atoms with Crippen LogP contribution in [-0.2, 0) is 9.59 Å². The number of hydrogen-bond donors (Lipinski definition) is 2. The van der Waals surface area contributed by atoms with E-state index in [1.807, 2.05) is 0 Å². The molecule has 2 N–H and O–H groups in total. The van der Waals surface area contributed by atoms with E-state index >= 15 is 0 Å². The van der Waals surface area contributed by atoms with Gasteiger partial charge in [-0.05, 0) is 54.2 Å². The molecule has 27 heavy (non-hydrogen) atoms. The van der Waals surface area contributed by atoms with E-state index in [0.29, 0.717) is 21.2 Å². The van der Waals surface area contributed by atoms with Gasteiger partial charge in [0.1, 0.15) is 5.92 Å². The first-order valence-corrected chi connectivity index (χ1v) is 9.21. The summed E-state index contributed by atoms with van der Waals surface area (Å²) in [5.41, 5.74) is 1.11. The highest BCUT2D eigenvalue weighted by Crippen LogP contribution is 2.32. The largest absolute Gasteiger partial charge is 0.302 e. The molecule has 1 saturated heterocycles. The first-order valence-electron chi connectivity index (χ1n) is 8.05. The molecule has 1 unspecified atom stereocenters. The summed E-state index contributed by atoms with van der Waals surface area (Å²) < 4.78 is 0. The minimum atomic E-state index is -1.09. The molecule has 2 aromatic rings. The Morgan fingerprint density at radius 1 is 0.926 bits per heavy atom. The second-order valence-corrected chi connectivity index (χ2v) is 7.36. The number of carbonyl (C=O) groups is 3. The van der Waals surface area contributed by atoms with Gasteiger partial charge in [-0.25, -0.2) is 0 Å². The number of ketones is 1. The molecule has 1 fully saturated rings. The summed E-state index contributed by atoms with van der Waals surface area (Å²) in [4.78, 5) is 37.7. The van der Waals surface area contributed by atoms with Crippen LogP contribution in [0.1, 0.15) is 28.3 Å². The number of rotatable bonds is 5. The fraction of sp³-hybridized carbons (Fsp3) is 0.158. The van der Waals surface area contributed by atoms with Crippen molar-refractivity contribution in [2.45, 2.75) is 12.3 Å². The summed E-state index contributed by atoms with van der Waals surface area (Å²) in [6, 6.07) is 13.2. The van der Waals surface area contributed by atoms with Crippen molar-refractivity contribution in [2.24, 2.45) is 5.92 Å². The lowest BCUT2D eigenvalue weighted by Crippen LogP contribution is -2.57. The number of carbonyl (C=O) groups excluding carboxylic acids is 3. The molecule has 1 heterocycles. The van der Waals surface area contributed by atoms with Gasteiger partial charge in [0.15, 0.2) is 10.9 Å². The second kappa shape index (κ2) is 8.17. The minimum Gasteiger partial charge on any atom is -0.302 e. The van der Waals surface area contributed by atoms with E-state index in [9.17, 15) is 14.4 Å². The third kappa shape index (κ3) is 4.53. The smallest absolute Gasteiger partial charge is 0.239 e. The third-order valence-electron chi connectivity index (χ3n) is 4.31. The Hall–Kier alpha value is -2.28. The Kier molecular flexibility index (Phi) is 5.89. The van der Waals surface area contributed by atoms with E-state index in [0.717, 1.165) is 0 Å². The first-order chi connectivity index (χ1) is 12.8. The van der Waals surface area contributed by atoms with Crippen LogP contribution in [0.25, 0.3) is 0 Å². The molecule has 5 nitrogen and oxygen atoms in total. The maximum atomic E-state index is 12.8. The fourth-order valence-electron chi connectivity index (χ4n) is 2.99. The van der Waals surface area contributed by atoms with Crippen molar-refractivity contribution in [2.75, 3.05) is 0 Å². The molecule has 138 valence electrons. The van der Waals surface area contributed by atoms with Crippen LogP contribution in [0.4, 0.5) is 0 Å². The molecule has 0 bridgehead atoms. The van der Waals surface area contributed by atoms with Gasteiger partial charge in [0.2, 0.25) is 11.8 Å². The van der Waals surface area contributed by atoms with Gasteiger partial charge < -0.3 is 10.6 Å². The Morgan fingerprint density at radius 2 is 1.41 bits per heavy atom. The molecule has 1 aliphatic heterocycles. The molecule has 1 atom stereocenters. The van der Waals surface area contributed by atoms with E-state index in [-0.39, 0.29) is 17.3 Å². The predicted octanol–water partition coefficient (Wildman–Crippen LogP) is 3.50. The summed E-state index contributed by atoms with van der Waals surface area (Å²) in [6.45, 7) is 0. The summed E-state index contributed by atoms with van der Waals surface area (Å²) in [5.74, 6) is -3.04. The van der Waals surface area contributed by atoms with Crippen molar-refractivity contribution in [1.29, 1.82) is 0 Å². The van der Waals surface area contributed by atoms with E-state index in [2.05, 4.69) is 10.6 Å². The fourth-order valence-corrected chi connectivity index (χ4v) is 3.44. The van der Waals surface area contributed by atoms with Crippen molar-refractivity contribution in [1.82, 2.24) is 10.6 Å². The number of halogens is 2. The van der Waals surface area contributed by atoms with Gasteiger partial charge in [0.25, 0.3) is 0 Å². The Morgan fingerprint density at radius 3 is 1.93 bits per heavy atom. The molecule has 0 aliphatic carbocycles. The van der Waals surface area contributed by atoms with Gasteiger partial charge in [-0.15, -0.1) is 0 Å². The molecule has 3 rings (SSSR count). The molecule has 0 spiro atoms. The summed E-state index contributed by atoms with van der Waals surface area (Å²) in [6.07, 6.45) is -0.0401. The van der Waals surface area contributed by atoms with Crippen molar-refractivity contribution < 1.29 is 14.4 Å². The van der Waals surface area contributed by atoms with Crippen molar-refractivity contribution in [3.63, 3.8) is 0 Å². The van der Waals surface area contributed by atoms with Crippen LogP contribution in [0.2, 0.25) is 10.0 Å². The average molecular weight is 421 g/mol. The maximum Gasteiger partial charge on any atom is 0.239 e. The molecule has 2 aromatic carbocycles. The van der Waals surface area contributed by atoms with Crippen molar-refractivity contribution >= 4 is 58.1 Å². The second-order valence-electron chi connectivity index (χ2n) is 6.08. The normalized spacial score (nSPS) is 15.9. The lowest BCUT2D eigenvalue weighted by atomic mass is 9.80. The van der Waals surface area contributed by atoms with E-state index in [1.54, 1.807) is 48.5 Å². The molecular weight excluding hydrogens is 407 g/mol. The number of thiocarbonyl (C=S) groups is 1. The zero-order valence-electron chi connectivity index (χ0n) is 13.9. The molecule has 2 amide bonds. The van der Waals surface area contributed by atoms with Crippen LogP contribution in [0.15, 0.2) is 48.5 Å². The van der Waals surface area contributed by atoms with Crippen LogP contribution in [0.5, 0.6) is 0 Å². The number of Topliss-reactive ketones (excluding diaryl/α,β-unsaturated/α-hetero) is 1. The maximum absolute atomic E-state index is 12.8. The summed E-state index contributed by atoms with van der Waals surface area (Å²) in [5, 5.41) is 5.88. The number of hydrogen-bond acceptors (Lipinski definition) is 4. The van der Waals surface area contributed by atoms with Crippen molar-refractivity contribution in [3.8, 4) is 0 Å². The van der Waals surface area contributed by atoms with Gasteiger partial charge in [-0.2, -0.15) is 0 Å². The average Bonchev–Trinajstić information content (AvgIpc) is 2.61. The van der Waals surface area contributed by atoms with Gasteiger partial charge >= 0.3 is 0 Å². The SMILES string of the molecule is O=C(CC(c1ccc(Cl)cc1)C1C(=O)NC(=S)NC1=O)c1ccc(Cl)cc1. The summed E-state index contributed by atoms with van der Waals surface area (Å²) in [7, 11) is 0. The summed E-state index contributed by atoms with van der Waals surface area (Å²) >= 11 is 16.7. The van der Waals surface area contributed by atoms with E-state index in [1.165, 1.54) is 0 Å². The molecule has 0 saturated carbocycles. The zero-order valence-corrected chi connectivity index (χ0v) is 16.2. The monoisotopic (exact) mass is 420 g/mol. The van der Waals surface area contributed by atoms with Crippen LogP contribution < -0.4 is 10.6 Å². The highest BCUT2D eigenvalue weighted by Gasteiger charge is 2.40. The number of benzene rings is 2. The van der Waals surface area contributed by atoms with Gasteiger partial charge in [-0.3, -0.25) is 14.4 Å². The van der Waals surface area contributed by atoms with Gasteiger partial charge in [-0.1, -0.05) is 35.3 Å². The lowest BCUT2D eigenvalue weighted by Gasteiger charge is -2.29. The standard InChI is InChI=1S/C19H14Cl2N2O3S/c20-12-5-1-10(2-6-12)14(16-17(25)22-19(27)23-18(16)26)9-15(24)11-3-7-13(21)8-4-11/h1-8,14,16H,9H2,(H2,22,23,25,26,27).